The molecule has 2 N–H and O–H groups in total. The lowest BCUT2D eigenvalue weighted by Gasteiger charge is -2.06. The molecule has 0 aliphatic rings. The fraction of sp³-hybridized carbons (Fsp3) is 0. The molecule has 2 aromatic rings. The van der Waals surface area contributed by atoms with Crippen molar-refractivity contribution < 1.29 is 4.74 Å². The molecule has 0 saturated heterocycles. The van der Waals surface area contributed by atoms with Crippen molar-refractivity contribution in [2.75, 3.05) is 5.73 Å². The summed E-state index contributed by atoms with van der Waals surface area (Å²) in [5, 5.41) is 0. The number of rotatable bonds is 2. The third-order valence-corrected chi connectivity index (χ3v) is 2.60. The Kier molecular flexibility index (Phi) is 3.00. The zero-order chi connectivity index (χ0) is 10.7. The van der Waals surface area contributed by atoms with Gasteiger partial charge in [-0.15, -0.1) is 0 Å². The maximum atomic E-state index is 5.58. The summed E-state index contributed by atoms with van der Waals surface area (Å²) in [4.78, 5) is 7.69. The summed E-state index contributed by atoms with van der Waals surface area (Å²) in [7, 11) is 0. The van der Waals surface area contributed by atoms with Gasteiger partial charge in [-0.2, -0.15) is 0 Å². The van der Waals surface area contributed by atoms with Crippen LogP contribution in [0.1, 0.15) is 0 Å². The Balaban J connectivity index is 2.22. The van der Waals surface area contributed by atoms with Crippen molar-refractivity contribution in [1.29, 1.82) is 0 Å². The van der Waals surface area contributed by atoms with Gasteiger partial charge in [0, 0.05) is 0 Å². The number of benzene rings is 1. The highest BCUT2D eigenvalue weighted by Crippen LogP contribution is 2.25. The second-order valence-electron chi connectivity index (χ2n) is 2.81. The van der Waals surface area contributed by atoms with Crippen molar-refractivity contribution in [1.82, 2.24) is 9.97 Å². The first-order valence-corrected chi connectivity index (χ1v) is 5.33. The number of nitrogens with zero attached hydrogens (tertiary/aromatic N) is 2. The fourth-order valence-corrected chi connectivity index (χ4v) is 1.53. The Morgan fingerprint density at radius 3 is 2.47 bits per heavy atom. The highest BCUT2D eigenvalue weighted by Gasteiger charge is 2.01. The van der Waals surface area contributed by atoms with Crippen molar-refractivity contribution in [2.24, 2.45) is 0 Å². The molecule has 0 bridgehead atoms. The van der Waals surface area contributed by atoms with Crippen LogP contribution in [0.25, 0.3) is 0 Å². The molecule has 0 amide bonds. The van der Waals surface area contributed by atoms with Crippen LogP contribution in [-0.2, 0) is 0 Å². The van der Waals surface area contributed by atoms with Crippen LogP contribution in [0, 0.1) is 3.57 Å². The predicted octanol–water partition coefficient (Wildman–Crippen LogP) is 2.46. The molecule has 0 aliphatic carbocycles. The number of para-hydroxylation sites is 1. The predicted molar refractivity (Wildman–Crippen MR) is 65.7 cm³/mol. The van der Waals surface area contributed by atoms with Gasteiger partial charge in [0.05, 0.1) is 16.0 Å². The van der Waals surface area contributed by atoms with Crippen LogP contribution in [0.3, 0.4) is 0 Å². The quantitative estimate of drug-likeness (QED) is 0.865. The number of anilines is 1. The van der Waals surface area contributed by atoms with E-state index in [0.717, 1.165) is 9.32 Å². The molecule has 0 saturated carbocycles. The molecular weight excluding hydrogens is 305 g/mol. The van der Waals surface area contributed by atoms with Crippen LogP contribution in [0.15, 0.2) is 36.7 Å². The summed E-state index contributed by atoms with van der Waals surface area (Å²) < 4.78 is 6.61. The largest absolute Gasteiger partial charge is 0.453 e. The molecule has 0 spiro atoms. The van der Waals surface area contributed by atoms with Gasteiger partial charge < -0.3 is 10.5 Å². The lowest BCUT2D eigenvalue weighted by Crippen LogP contribution is -1.94. The topological polar surface area (TPSA) is 61.0 Å². The minimum atomic E-state index is 0.241. The Morgan fingerprint density at radius 2 is 1.80 bits per heavy atom. The van der Waals surface area contributed by atoms with Crippen molar-refractivity contribution in [3.05, 3.63) is 40.2 Å². The molecule has 0 fully saturated rings. The Morgan fingerprint density at radius 1 is 1.13 bits per heavy atom. The number of nitrogens with two attached hydrogens (primary N) is 1. The Labute approximate surface area is 101 Å². The van der Waals surface area contributed by atoms with Gasteiger partial charge in [-0.1, -0.05) is 12.1 Å². The monoisotopic (exact) mass is 313 g/mol. The second kappa shape index (κ2) is 4.43. The van der Waals surface area contributed by atoms with Crippen molar-refractivity contribution in [3.63, 3.8) is 0 Å². The second-order valence-corrected chi connectivity index (χ2v) is 3.97. The number of nitrogen functional groups attached to an aromatic ring is 1. The molecule has 1 aromatic carbocycles. The van der Waals surface area contributed by atoms with Crippen LogP contribution >= 0.6 is 22.6 Å². The van der Waals surface area contributed by atoms with Crippen LogP contribution in [0.2, 0.25) is 0 Å². The van der Waals surface area contributed by atoms with E-state index in [9.17, 15) is 0 Å². The fourth-order valence-electron chi connectivity index (χ4n) is 1.03. The molecule has 0 aliphatic heterocycles. The Hall–Kier alpha value is -1.37. The zero-order valence-corrected chi connectivity index (χ0v) is 9.88. The highest BCUT2D eigenvalue weighted by molar-refractivity contribution is 14.1. The van der Waals surface area contributed by atoms with Gasteiger partial charge in [0.1, 0.15) is 5.75 Å². The van der Waals surface area contributed by atoms with E-state index in [-0.39, 0.29) is 5.95 Å². The van der Waals surface area contributed by atoms with Crippen LogP contribution < -0.4 is 10.5 Å². The van der Waals surface area contributed by atoms with Crippen LogP contribution in [0.4, 0.5) is 5.95 Å². The van der Waals surface area contributed by atoms with E-state index in [1.54, 1.807) is 12.4 Å². The highest BCUT2D eigenvalue weighted by atomic mass is 127. The van der Waals surface area contributed by atoms with Gasteiger partial charge in [0.15, 0.2) is 5.75 Å². The first-order chi connectivity index (χ1) is 7.25. The van der Waals surface area contributed by atoms with Gasteiger partial charge in [0.25, 0.3) is 0 Å². The molecule has 2 rings (SSSR count). The average Bonchev–Trinajstić information content (AvgIpc) is 2.25. The zero-order valence-electron chi connectivity index (χ0n) is 7.72. The van der Waals surface area contributed by atoms with Crippen LogP contribution in [0.5, 0.6) is 11.5 Å². The van der Waals surface area contributed by atoms with Crippen molar-refractivity contribution >= 4 is 28.5 Å². The van der Waals surface area contributed by atoms with E-state index in [0.29, 0.717) is 5.75 Å². The smallest absolute Gasteiger partial charge is 0.220 e. The maximum absolute atomic E-state index is 5.58. The summed E-state index contributed by atoms with van der Waals surface area (Å²) in [5.41, 5.74) is 5.37. The minimum absolute atomic E-state index is 0.241. The minimum Gasteiger partial charge on any atom is -0.453 e. The summed E-state index contributed by atoms with van der Waals surface area (Å²) >= 11 is 2.20. The van der Waals surface area contributed by atoms with Crippen molar-refractivity contribution in [3.8, 4) is 11.5 Å². The third-order valence-electron chi connectivity index (χ3n) is 1.71. The van der Waals surface area contributed by atoms with Gasteiger partial charge in [-0.05, 0) is 34.7 Å². The SMILES string of the molecule is Nc1ncc(Oc2ccccc2I)cn1. The van der Waals surface area contributed by atoms with Gasteiger partial charge >= 0.3 is 0 Å². The number of aromatic nitrogens is 2. The Bertz CT molecular complexity index is 458. The van der Waals surface area contributed by atoms with Crippen molar-refractivity contribution in [2.45, 2.75) is 0 Å². The van der Waals surface area contributed by atoms with Gasteiger partial charge in [-0.3, -0.25) is 0 Å². The summed E-state index contributed by atoms with van der Waals surface area (Å²) in [6.45, 7) is 0. The lowest BCUT2D eigenvalue weighted by molar-refractivity contribution is 0.474. The van der Waals surface area contributed by atoms with E-state index >= 15 is 0 Å². The number of halogens is 1. The molecular formula is C10H8IN3O. The molecule has 0 radical (unpaired) electrons. The number of hydrogen-bond acceptors (Lipinski definition) is 4. The normalized spacial score (nSPS) is 9.93. The third kappa shape index (κ3) is 2.56. The van der Waals surface area contributed by atoms with E-state index in [1.807, 2.05) is 24.3 Å². The molecule has 0 unspecified atom stereocenters. The molecule has 76 valence electrons. The standard InChI is InChI=1S/C10H8IN3O/c11-8-3-1-2-4-9(8)15-7-5-13-10(12)14-6-7/h1-6H,(H2,12,13,14). The molecule has 0 atom stereocenters. The average molecular weight is 313 g/mol. The summed E-state index contributed by atoms with van der Waals surface area (Å²) in [6, 6.07) is 7.72. The molecule has 15 heavy (non-hydrogen) atoms. The number of ether oxygens (including phenoxy) is 1. The lowest BCUT2D eigenvalue weighted by atomic mass is 10.3. The van der Waals surface area contributed by atoms with E-state index in [1.165, 1.54) is 0 Å². The van der Waals surface area contributed by atoms with Crippen LogP contribution in [-0.4, -0.2) is 9.97 Å². The van der Waals surface area contributed by atoms with Gasteiger partial charge in [-0.25, -0.2) is 9.97 Å². The van der Waals surface area contributed by atoms with E-state index < -0.39 is 0 Å². The summed E-state index contributed by atoms with van der Waals surface area (Å²) in [6.07, 6.45) is 3.09. The first kappa shape index (κ1) is 10.2. The maximum Gasteiger partial charge on any atom is 0.220 e. The first-order valence-electron chi connectivity index (χ1n) is 4.25. The van der Waals surface area contributed by atoms with Gasteiger partial charge in [0.2, 0.25) is 5.95 Å². The van der Waals surface area contributed by atoms with E-state index in [2.05, 4.69) is 32.6 Å². The molecule has 5 heteroatoms. The molecule has 4 nitrogen and oxygen atoms in total. The molecule has 1 aromatic heterocycles. The summed E-state index contributed by atoms with van der Waals surface area (Å²) in [5.74, 6) is 1.60. The molecule has 1 heterocycles. The number of hydrogen-bond donors (Lipinski definition) is 1. The van der Waals surface area contributed by atoms with E-state index in [4.69, 9.17) is 10.5 Å².